The van der Waals surface area contributed by atoms with Crippen molar-refractivity contribution in [1.29, 1.82) is 0 Å². The molecule has 43 heavy (non-hydrogen) atoms. The Labute approximate surface area is 267 Å². The highest BCUT2D eigenvalue weighted by Crippen LogP contribution is 2.38. The zero-order chi connectivity index (χ0) is 30.1. The summed E-state index contributed by atoms with van der Waals surface area (Å²) in [6.07, 6.45) is 4.17. The lowest BCUT2D eigenvalue weighted by Crippen LogP contribution is -2.52. The average Bonchev–Trinajstić information content (AvgIpc) is 3.13. The van der Waals surface area contributed by atoms with Crippen molar-refractivity contribution in [1.82, 2.24) is 22.9 Å². The van der Waals surface area contributed by atoms with E-state index in [1.807, 2.05) is 54.3 Å². The van der Waals surface area contributed by atoms with Gasteiger partial charge in [-0.1, -0.05) is 18.2 Å². The van der Waals surface area contributed by atoms with E-state index in [2.05, 4.69) is 40.8 Å². The summed E-state index contributed by atoms with van der Waals surface area (Å²) in [6, 6.07) is 13.8. The second kappa shape index (κ2) is 12.7. The molecule has 226 valence electrons. The van der Waals surface area contributed by atoms with Gasteiger partial charge in [-0.2, -0.15) is 0 Å². The molecular weight excluding hydrogens is 657 g/mol. The predicted octanol–water partition coefficient (Wildman–Crippen LogP) is 4.40. The van der Waals surface area contributed by atoms with E-state index in [9.17, 15) is 9.59 Å². The number of hydrogen-bond donors (Lipinski definition) is 0. The third-order valence-electron chi connectivity index (χ3n) is 8.87. The standard InChI is InChI=1S/C32H38IN7O3/c1-4-40-26-8-6-5-7-25(26)32(42)36(2)27-21-34-29(35-30(27)40)20-22-9-10-23(19-28(22)43-3)31(41)38-13-11-24(12-14-38)37-15-17-39(33)18-16-37/h5-10,19,21,24H,4,11-18,20H2,1-3H3. The Morgan fingerprint density at radius 2 is 1.77 bits per heavy atom. The molecule has 0 spiro atoms. The van der Waals surface area contributed by atoms with E-state index in [-0.39, 0.29) is 11.8 Å². The molecule has 6 rings (SSSR count). The van der Waals surface area contributed by atoms with E-state index < -0.39 is 0 Å². The molecule has 3 aliphatic heterocycles. The second-order valence-electron chi connectivity index (χ2n) is 11.3. The van der Waals surface area contributed by atoms with Gasteiger partial charge in [0.25, 0.3) is 11.8 Å². The molecule has 0 aliphatic carbocycles. The number of fused-ring (bicyclic) bond motifs is 2. The highest BCUT2D eigenvalue weighted by molar-refractivity contribution is 14.1. The van der Waals surface area contributed by atoms with Crippen LogP contribution in [0.15, 0.2) is 48.7 Å². The first-order chi connectivity index (χ1) is 20.9. The summed E-state index contributed by atoms with van der Waals surface area (Å²) in [5.74, 6) is 1.90. The number of nitrogens with zero attached hydrogens (tertiary/aromatic N) is 7. The number of anilines is 3. The number of carbonyl (C=O) groups is 2. The first kappa shape index (κ1) is 29.8. The largest absolute Gasteiger partial charge is 0.496 e. The number of methoxy groups -OCH3 is 1. The topological polar surface area (TPSA) is 85.4 Å². The van der Waals surface area contributed by atoms with Gasteiger partial charge in [0.15, 0.2) is 5.82 Å². The number of ether oxygens (including phenoxy) is 1. The molecule has 3 aromatic rings. The highest BCUT2D eigenvalue weighted by Gasteiger charge is 2.31. The van der Waals surface area contributed by atoms with Gasteiger partial charge in [-0.3, -0.25) is 14.5 Å². The van der Waals surface area contributed by atoms with Crippen molar-refractivity contribution in [2.75, 3.05) is 69.8 Å². The number of hydrogen-bond acceptors (Lipinski definition) is 8. The summed E-state index contributed by atoms with van der Waals surface area (Å²) >= 11 is 2.41. The summed E-state index contributed by atoms with van der Waals surface area (Å²) in [5.41, 5.74) is 3.66. The lowest BCUT2D eigenvalue weighted by molar-refractivity contribution is 0.0576. The zero-order valence-corrected chi connectivity index (χ0v) is 27.2. The molecule has 0 atom stereocenters. The molecule has 0 bridgehead atoms. The maximum absolute atomic E-state index is 13.5. The van der Waals surface area contributed by atoms with Crippen LogP contribution in [-0.2, 0) is 6.42 Å². The molecule has 10 nitrogen and oxygen atoms in total. The molecule has 2 saturated heterocycles. The van der Waals surface area contributed by atoms with Crippen molar-refractivity contribution in [2.24, 2.45) is 0 Å². The fourth-order valence-corrected chi connectivity index (χ4v) is 6.84. The van der Waals surface area contributed by atoms with E-state index in [4.69, 9.17) is 9.72 Å². The third kappa shape index (κ3) is 5.94. The highest BCUT2D eigenvalue weighted by atomic mass is 127. The molecule has 3 aliphatic rings. The SMILES string of the molecule is CCN1c2ccccc2C(=O)N(C)c2cnc(Cc3ccc(C(=O)N4CCC(N5CCN(I)CC5)CC4)cc3OC)nc21. The number of aromatic nitrogens is 2. The van der Waals surface area contributed by atoms with Gasteiger partial charge in [0.05, 0.1) is 24.6 Å². The van der Waals surface area contributed by atoms with Gasteiger partial charge >= 0.3 is 0 Å². The smallest absolute Gasteiger partial charge is 0.260 e. The minimum Gasteiger partial charge on any atom is -0.496 e. The Bertz CT molecular complexity index is 1500. The number of rotatable bonds is 6. The van der Waals surface area contributed by atoms with Crippen LogP contribution in [0.5, 0.6) is 5.75 Å². The number of carbonyl (C=O) groups excluding carboxylic acids is 2. The molecule has 4 heterocycles. The van der Waals surface area contributed by atoms with Crippen LogP contribution in [0.1, 0.15) is 51.9 Å². The van der Waals surface area contributed by atoms with Crippen LogP contribution in [0, 0.1) is 0 Å². The lowest BCUT2D eigenvalue weighted by atomic mass is 10.0. The van der Waals surface area contributed by atoms with E-state index in [0.29, 0.717) is 53.2 Å². The van der Waals surface area contributed by atoms with Crippen molar-refractivity contribution in [3.63, 3.8) is 0 Å². The van der Waals surface area contributed by atoms with Crippen LogP contribution in [0.25, 0.3) is 0 Å². The lowest BCUT2D eigenvalue weighted by Gasteiger charge is -2.41. The van der Waals surface area contributed by atoms with E-state index in [0.717, 1.165) is 63.4 Å². The Kier molecular flexibility index (Phi) is 8.83. The molecule has 0 radical (unpaired) electrons. The molecule has 0 saturated carbocycles. The fraction of sp³-hybridized carbons (Fsp3) is 0.438. The number of amides is 2. The molecule has 0 N–H and O–H groups in total. The van der Waals surface area contributed by atoms with E-state index in [1.165, 1.54) is 0 Å². The summed E-state index contributed by atoms with van der Waals surface area (Å²) < 4.78 is 8.10. The van der Waals surface area contributed by atoms with Crippen LogP contribution in [0.4, 0.5) is 17.2 Å². The van der Waals surface area contributed by atoms with Crippen molar-refractivity contribution in [2.45, 2.75) is 32.2 Å². The number of piperazine rings is 1. The Hall–Kier alpha value is -3.29. The van der Waals surface area contributed by atoms with Gasteiger partial charge in [0.2, 0.25) is 0 Å². The number of piperidine rings is 1. The Morgan fingerprint density at radius 3 is 2.49 bits per heavy atom. The second-order valence-corrected chi connectivity index (χ2v) is 12.7. The first-order valence-electron chi connectivity index (χ1n) is 15.0. The van der Waals surface area contributed by atoms with Gasteiger partial charge in [0, 0.05) is 99.3 Å². The number of halogens is 1. The summed E-state index contributed by atoms with van der Waals surface area (Å²) in [7, 11) is 3.38. The molecule has 0 unspecified atom stereocenters. The van der Waals surface area contributed by atoms with Crippen LogP contribution < -0.4 is 14.5 Å². The van der Waals surface area contributed by atoms with Gasteiger partial charge in [-0.25, -0.2) is 13.1 Å². The first-order valence-corrected chi connectivity index (χ1v) is 16.0. The van der Waals surface area contributed by atoms with Gasteiger partial charge in [-0.15, -0.1) is 0 Å². The van der Waals surface area contributed by atoms with E-state index >= 15 is 0 Å². The molecule has 1 aromatic heterocycles. The molecule has 2 aromatic carbocycles. The Morgan fingerprint density at radius 1 is 1.02 bits per heavy atom. The van der Waals surface area contributed by atoms with Crippen LogP contribution in [0.3, 0.4) is 0 Å². The molecule has 11 heteroatoms. The van der Waals surface area contributed by atoms with Gasteiger partial charge in [-0.05, 0) is 44.0 Å². The van der Waals surface area contributed by atoms with Crippen LogP contribution >= 0.6 is 22.9 Å². The van der Waals surface area contributed by atoms with Crippen LogP contribution in [0.2, 0.25) is 0 Å². The maximum atomic E-state index is 13.5. The minimum absolute atomic E-state index is 0.0478. The van der Waals surface area contributed by atoms with Crippen LogP contribution in [-0.4, -0.2) is 101 Å². The summed E-state index contributed by atoms with van der Waals surface area (Å²) in [5, 5.41) is 0. The van der Waals surface area contributed by atoms with Crippen molar-refractivity contribution < 1.29 is 14.3 Å². The molecular formula is C32H38IN7O3. The average molecular weight is 696 g/mol. The monoisotopic (exact) mass is 695 g/mol. The molecule has 2 amide bonds. The van der Waals surface area contributed by atoms with E-state index in [1.54, 1.807) is 25.3 Å². The molecule has 2 fully saturated rings. The summed E-state index contributed by atoms with van der Waals surface area (Å²) in [6.45, 7) is 8.65. The van der Waals surface area contributed by atoms with Gasteiger partial charge in [0.1, 0.15) is 17.3 Å². The maximum Gasteiger partial charge on any atom is 0.260 e. The number of likely N-dealkylation sites (tertiary alicyclic amines) is 1. The van der Waals surface area contributed by atoms with Crippen molar-refractivity contribution in [3.8, 4) is 5.75 Å². The number of benzene rings is 2. The normalized spacial score (nSPS) is 18.3. The number of para-hydroxylation sites is 1. The zero-order valence-electron chi connectivity index (χ0n) is 25.0. The van der Waals surface area contributed by atoms with Gasteiger partial charge < -0.3 is 19.4 Å². The third-order valence-corrected chi connectivity index (χ3v) is 9.84. The summed E-state index contributed by atoms with van der Waals surface area (Å²) in [4.78, 5) is 44.5. The van der Waals surface area contributed by atoms with Crippen molar-refractivity contribution in [3.05, 3.63) is 71.2 Å². The van der Waals surface area contributed by atoms with Crippen molar-refractivity contribution >= 4 is 51.9 Å². The minimum atomic E-state index is -0.0886. The predicted molar refractivity (Wildman–Crippen MR) is 176 cm³/mol. The quantitative estimate of drug-likeness (QED) is 0.278. The Balaban J connectivity index is 1.18. The fourth-order valence-electron chi connectivity index (χ4n) is 6.41.